The van der Waals surface area contributed by atoms with Gasteiger partial charge >= 0.3 is 5.97 Å². The second-order valence-electron chi connectivity index (χ2n) is 7.80. The summed E-state index contributed by atoms with van der Waals surface area (Å²) in [6.07, 6.45) is 7.31. The Morgan fingerprint density at radius 3 is 2.86 bits per heavy atom. The Balaban J connectivity index is 1.86. The predicted molar refractivity (Wildman–Crippen MR) is 111 cm³/mol. The van der Waals surface area contributed by atoms with E-state index in [1.54, 1.807) is 18.3 Å². The van der Waals surface area contributed by atoms with Gasteiger partial charge in [0.15, 0.2) is 5.60 Å². The Morgan fingerprint density at radius 1 is 1.45 bits per heavy atom. The second kappa shape index (κ2) is 11.7. The minimum absolute atomic E-state index is 0.0700. The van der Waals surface area contributed by atoms with Crippen LogP contribution in [0.4, 0.5) is 0 Å². The van der Waals surface area contributed by atoms with Gasteiger partial charge in [0.05, 0.1) is 19.3 Å². The highest BCUT2D eigenvalue weighted by Gasteiger charge is 2.43. The molecular formula is C21H33ClN2O5. The topological polar surface area (TPSA) is 115 Å². The Labute approximate surface area is 177 Å². The van der Waals surface area contributed by atoms with Crippen molar-refractivity contribution in [3.8, 4) is 5.75 Å². The van der Waals surface area contributed by atoms with Crippen molar-refractivity contribution in [2.24, 2.45) is 11.7 Å². The lowest BCUT2D eigenvalue weighted by Gasteiger charge is -2.29. The molecule has 0 bridgehead atoms. The average molecular weight is 429 g/mol. The molecule has 2 rings (SSSR count). The molecule has 1 aliphatic carbocycles. The highest BCUT2D eigenvalue weighted by atomic mass is 35.5. The van der Waals surface area contributed by atoms with Gasteiger partial charge in [0.25, 0.3) is 0 Å². The number of ether oxygens (including phenoxy) is 2. The van der Waals surface area contributed by atoms with E-state index in [0.29, 0.717) is 24.7 Å². The Bertz CT molecular complexity index is 643. The second-order valence-corrected chi connectivity index (χ2v) is 8.42. The van der Waals surface area contributed by atoms with Gasteiger partial charge in [0, 0.05) is 36.4 Å². The lowest BCUT2D eigenvalue weighted by atomic mass is 9.89. The number of nitrogens with two attached hydrogens (primary N) is 1. The molecule has 0 aliphatic heterocycles. The van der Waals surface area contributed by atoms with E-state index < -0.39 is 17.6 Å². The van der Waals surface area contributed by atoms with Crippen molar-refractivity contribution in [2.45, 2.75) is 68.9 Å². The zero-order valence-corrected chi connectivity index (χ0v) is 17.8. The number of carboxylic acids is 1. The summed E-state index contributed by atoms with van der Waals surface area (Å²) in [6.45, 7) is 2.98. The van der Waals surface area contributed by atoms with Crippen molar-refractivity contribution in [1.82, 2.24) is 4.98 Å². The summed E-state index contributed by atoms with van der Waals surface area (Å²) in [6, 6.07) is 2.28. The quantitative estimate of drug-likeness (QED) is 0.290. The Morgan fingerprint density at radius 2 is 2.21 bits per heavy atom. The molecule has 0 aromatic carbocycles. The molecule has 1 fully saturated rings. The fourth-order valence-electron chi connectivity index (χ4n) is 2.99. The Hall–Kier alpha value is -1.41. The Kier molecular flexibility index (Phi) is 9.62. The van der Waals surface area contributed by atoms with Crippen LogP contribution in [-0.2, 0) is 16.0 Å². The largest absolute Gasteiger partial charge is 0.493 e. The lowest BCUT2D eigenvalue weighted by Crippen LogP contribution is -2.57. The number of hydrogen-bond acceptors (Lipinski definition) is 6. The van der Waals surface area contributed by atoms with Crippen LogP contribution >= 0.6 is 11.6 Å². The number of aliphatic carboxylic acids is 1. The summed E-state index contributed by atoms with van der Waals surface area (Å²) >= 11 is 6.06. The van der Waals surface area contributed by atoms with Crippen LogP contribution in [-0.4, -0.2) is 58.0 Å². The molecule has 1 aromatic rings. The standard InChI is InChI=1S/C21H33ClN2O5/c1-2-16(22)4-3-10-28-14-19(23)21(27,20(25)26)13-17-12-18(7-9-24-17)29-11-8-15-5-6-15/h7,9,12,15-16,19,27H,2-6,8,10-11,13-14,23H2,1H3,(H,25,26)/t16?,19-,21+/m0/s1. The monoisotopic (exact) mass is 428 g/mol. The van der Waals surface area contributed by atoms with Gasteiger partial charge in [0.1, 0.15) is 5.75 Å². The van der Waals surface area contributed by atoms with Gasteiger partial charge in [-0.05, 0) is 37.7 Å². The number of carboxylic acid groups (broad SMARTS) is 1. The molecule has 7 nitrogen and oxygen atoms in total. The minimum atomic E-state index is -2.18. The first-order valence-corrected chi connectivity index (χ1v) is 10.8. The highest BCUT2D eigenvalue weighted by Crippen LogP contribution is 2.32. The number of hydrogen-bond donors (Lipinski definition) is 3. The van der Waals surface area contributed by atoms with Crippen molar-refractivity contribution in [3.63, 3.8) is 0 Å². The third-order valence-corrected chi connectivity index (χ3v) is 5.79. The first-order chi connectivity index (χ1) is 13.8. The molecule has 1 aliphatic rings. The number of rotatable bonds is 15. The van der Waals surface area contributed by atoms with Gasteiger partial charge in [-0.1, -0.05) is 19.8 Å². The van der Waals surface area contributed by atoms with Crippen molar-refractivity contribution in [2.75, 3.05) is 19.8 Å². The third-order valence-electron chi connectivity index (χ3n) is 5.26. The summed E-state index contributed by atoms with van der Waals surface area (Å²) in [5, 5.41) is 20.4. The number of carbonyl (C=O) groups is 1. The summed E-state index contributed by atoms with van der Waals surface area (Å²) in [5.74, 6) is -0.0225. The van der Waals surface area contributed by atoms with E-state index >= 15 is 0 Å². The summed E-state index contributed by atoms with van der Waals surface area (Å²) in [7, 11) is 0. The van der Waals surface area contributed by atoms with Crippen LogP contribution in [0.15, 0.2) is 18.3 Å². The molecular weight excluding hydrogens is 396 g/mol. The fourth-order valence-corrected chi connectivity index (χ4v) is 3.15. The molecule has 0 radical (unpaired) electrons. The van der Waals surface area contributed by atoms with Crippen LogP contribution < -0.4 is 10.5 Å². The summed E-state index contributed by atoms with van der Waals surface area (Å²) in [5.41, 5.74) is 4.21. The van der Waals surface area contributed by atoms with Crippen LogP contribution in [0.3, 0.4) is 0 Å². The van der Waals surface area contributed by atoms with E-state index in [4.69, 9.17) is 26.8 Å². The number of halogens is 1. The van der Waals surface area contributed by atoms with Crippen molar-refractivity contribution in [1.29, 1.82) is 0 Å². The van der Waals surface area contributed by atoms with Crippen molar-refractivity contribution < 1.29 is 24.5 Å². The number of alkyl halides is 1. The van der Waals surface area contributed by atoms with Crippen molar-refractivity contribution >= 4 is 17.6 Å². The molecule has 3 atom stereocenters. The van der Waals surface area contributed by atoms with Gasteiger partial charge in [-0.2, -0.15) is 0 Å². The van der Waals surface area contributed by atoms with E-state index in [2.05, 4.69) is 4.98 Å². The lowest BCUT2D eigenvalue weighted by molar-refractivity contribution is -0.162. The molecule has 1 unspecified atom stereocenters. The normalized spacial score (nSPS) is 18.1. The van der Waals surface area contributed by atoms with Gasteiger partial charge in [-0.15, -0.1) is 11.6 Å². The molecule has 8 heteroatoms. The molecule has 164 valence electrons. The van der Waals surface area contributed by atoms with Crippen LogP contribution in [0, 0.1) is 5.92 Å². The number of aromatic nitrogens is 1. The first kappa shape index (κ1) is 23.9. The van der Waals surface area contributed by atoms with Gasteiger partial charge < -0.3 is 25.4 Å². The summed E-state index contributed by atoms with van der Waals surface area (Å²) < 4.78 is 11.2. The van der Waals surface area contributed by atoms with E-state index in [-0.39, 0.29) is 18.4 Å². The van der Waals surface area contributed by atoms with Gasteiger partial charge in [-0.25, -0.2) is 4.79 Å². The van der Waals surface area contributed by atoms with Crippen LogP contribution in [0.25, 0.3) is 0 Å². The van der Waals surface area contributed by atoms with Crippen LogP contribution in [0.2, 0.25) is 0 Å². The number of pyridine rings is 1. The average Bonchev–Trinajstić information content (AvgIpc) is 3.51. The van der Waals surface area contributed by atoms with Gasteiger partial charge in [-0.3, -0.25) is 4.98 Å². The zero-order chi connectivity index (χ0) is 21.3. The minimum Gasteiger partial charge on any atom is -0.493 e. The molecule has 0 amide bonds. The zero-order valence-electron chi connectivity index (χ0n) is 17.1. The number of nitrogens with zero attached hydrogens (tertiary/aromatic N) is 1. The van der Waals surface area contributed by atoms with Crippen LogP contribution in [0.1, 0.15) is 51.1 Å². The maximum atomic E-state index is 11.8. The number of aliphatic hydroxyl groups is 1. The smallest absolute Gasteiger partial charge is 0.337 e. The molecule has 0 spiro atoms. The van der Waals surface area contributed by atoms with Crippen LogP contribution in [0.5, 0.6) is 5.75 Å². The molecule has 1 heterocycles. The molecule has 1 aromatic heterocycles. The van der Waals surface area contributed by atoms with Gasteiger partial charge in [0.2, 0.25) is 0 Å². The maximum Gasteiger partial charge on any atom is 0.337 e. The molecule has 1 saturated carbocycles. The molecule has 4 N–H and O–H groups in total. The van der Waals surface area contributed by atoms with E-state index in [9.17, 15) is 15.0 Å². The molecule has 29 heavy (non-hydrogen) atoms. The maximum absolute atomic E-state index is 11.8. The van der Waals surface area contributed by atoms with E-state index in [1.165, 1.54) is 12.8 Å². The predicted octanol–water partition coefficient (Wildman–Crippen LogP) is 2.76. The van der Waals surface area contributed by atoms with Crippen molar-refractivity contribution in [3.05, 3.63) is 24.0 Å². The van der Waals surface area contributed by atoms with E-state index in [1.807, 2.05) is 6.92 Å². The summed E-state index contributed by atoms with van der Waals surface area (Å²) in [4.78, 5) is 15.9. The highest BCUT2D eigenvalue weighted by molar-refractivity contribution is 6.20. The van der Waals surface area contributed by atoms with E-state index in [0.717, 1.165) is 31.6 Å². The fraction of sp³-hybridized carbons (Fsp3) is 0.714. The molecule has 0 saturated heterocycles. The first-order valence-electron chi connectivity index (χ1n) is 10.4. The SMILES string of the molecule is CCC(Cl)CCCOC[C@H](N)[C@](O)(Cc1cc(OCCC2CC2)ccn1)C(=O)O. The third kappa shape index (κ3) is 8.09.